The van der Waals surface area contributed by atoms with Crippen LogP contribution in [-0.2, 0) is 0 Å². The number of benzene rings is 1. The molecule has 18 heavy (non-hydrogen) atoms. The zero-order valence-electron chi connectivity index (χ0n) is 10.2. The van der Waals surface area contributed by atoms with Crippen molar-refractivity contribution in [1.82, 2.24) is 4.90 Å². The summed E-state index contributed by atoms with van der Waals surface area (Å²) in [4.78, 5) is 14.0. The fourth-order valence-electron chi connectivity index (χ4n) is 2.04. The Morgan fingerprint density at radius 1 is 1.44 bits per heavy atom. The molecule has 2 rings (SSSR count). The number of amides is 1. The first-order valence-corrected chi connectivity index (χ1v) is 6.72. The van der Waals surface area contributed by atoms with Gasteiger partial charge in [-0.05, 0) is 47.0 Å². The minimum Gasteiger partial charge on any atom is -0.496 e. The number of halogens is 1. The van der Waals surface area contributed by atoms with E-state index in [0.717, 1.165) is 4.47 Å². The summed E-state index contributed by atoms with van der Waals surface area (Å²) in [6.45, 7) is 1.22. The van der Waals surface area contributed by atoms with Gasteiger partial charge in [0.25, 0.3) is 5.91 Å². The molecule has 1 N–H and O–H groups in total. The van der Waals surface area contributed by atoms with Gasteiger partial charge in [-0.3, -0.25) is 4.79 Å². The molecule has 0 aliphatic carbocycles. The Morgan fingerprint density at radius 3 is 2.72 bits per heavy atom. The zero-order valence-corrected chi connectivity index (χ0v) is 11.8. The number of ether oxygens (including phenoxy) is 1. The number of likely N-dealkylation sites (tertiary alicyclic amines) is 1. The van der Waals surface area contributed by atoms with Crippen LogP contribution in [-0.4, -0.2) is 42.2 Å². The molecule has 1 amide bonds. The first-order valence-electron chi connectivity index (χ1n) is 5.92. The van der Waals surface area contributed by atoms with E-state index in [1.54, 1.807) is 24.1 Å². The molecular formula is C13H16BrNO3. The second-order valence-electron chi connectivity index (χ2n) is 4.37. The van der Waals surface area contributed by atoms with Crippen LogP contribution in [0.15, 0.2) is 22.7 Å². The Bertz CT molecular complexity index is 442. The molecule has 1 heterocycles. The van der Waals surface area contributed by atoms with Gasteiger partial charge in [-0.2, -0.15) is 0 Å². The summed E-state index contributed by atoms with van der Waals surface area (Å²) in [5.74, 6) is 0.644. The average Bonchev–Trinajstić information content (AvgIpc) is 2.39. The van der Waals surface area contributed by atoms with Gasteiger partial charge in [0.2, 0.25) is 0 Å². The van der Waals surface area contributed by atoms with Crippen molar-refractivity contribution in [2.75, 3.05) is 20.2 Å². The number of nitrogens with zero attached hydrogens (tertiary/aromatic N) is 1. The first kappa shape index (κ1) is 13.4. The summed E-state index contributed by atoms with van der Waals surface area (Å²) in [7, 11) is 1.58. The summed E-state index contributed by atoms with van der Waals surface area (Å²) in [6, 6.07) is 5.32. The predicted molar refractivity (Wildman–Crippen MR) is 71.8 cm³/mol. The highest BCUT2D eigenvalue weighted by Crippen LogP contribution is 2.26. The lowest BCUT2D eigenvalue weighted by Crippen LogP contribution is -2.40. The maximum absolute atomic E-state index is 12.3. The molecular weight excluding hydrogens is 298 g/mol. The number of aliphatic hydroxyl groups excluding tert-OH is 1. The third-order valence-electron chi connectivity index (χ3n) is 3.15. The molecule has 1 fully saturated rings. The molecule has 98 valence electrons. The van der Waals surface area contributed by atoms with Crippen LogP contribution in [0.2, 0.25) is 0 Å². The van der Waals surface area contributed by atoms with E-state index in [1.165, 1.54) is 0 Å². The molecule has 5 heteroatoms. The van der Waals surface area contributed by atoms with Crippen molar-refractivity contribution in [3.63, 3.8) is 0 Å². The van der Waals surface area contributed by atoms with Gasteiger partial charge in [0.1, 0.15) is 5.75 Å². The van der Waals surface area contributed by atoms with E-state index in [-0.39, 0.29) is 12.0 Å². The third-order valence-corrected chi connectivity index (χ3v) is 3.80. The predicted octanol–water partition coefficient (Wildman–Crippen LogP) is 2.05. The number of hydrogen-bond acceptors (Lipinski definition) is 3. The van der Waals surface area contributed by atoms with Gasteiger partial charge < -0.3 is 14.7 Å². The molecule has 0 radical (unpaired) electrons. The summed E-state index contributed by atoms with van der Waals surface area (Å²) in [5.41, 5.74) is 0.617. The molecule has 1 saturated heterocycles. The van der Waals surface area contributed by atoms with Crippen molar-refractivity contribution in [3.05, 3.63) is 28.2 Å². The zero-order chi connectivity index (χ0) is 13.1. The number of aliphatic hydroxyl groups is 1. The number of hydrogen-bond donors (Lipinski definition) is 1. The van der Waals surface area contributed by atoms with Gasteiger partial charge in [0.15, 0.2) is 0 Å². The number of piperidine rings is 1. The van der Waals surface area contributed by atoms with E-state index < -0.39 is 0 Å². The number of carbonyl (C=O) groups excluding carboxylic acids is 1. The fourth-order valence-corrected chi connectivity index (χ4v) is 2.45. The van der Waals surface area contributed by atoms with Crippen LogP contribution in [0.1, 0.15) is 23.2 Å². The lowest BCUT2D eigenvalue weighted by molar-refractivity contribution is 0.0546. The van der Waals surface area contributed by atoms with E-state index in [2.05, 4.69) is 15.9 Å². The van der Waals surface area contributed by atoms with E-state index in [0.29, 0.717) is 37.2 Å². The van der Waals surface area contributed by atoms with Gasteiger partial charge >= 0.3 is 0 Å². The van der Waals surface area contributed by atoms with Crippen molar-refractivity contribution < 1.29 is 14.6 Å². The average molecular weight is 314 g/mol. The maximum atomic E-state index is 12.3. The van der Waals surface area contributed by atoms with Crippen LogP contribution in [0, 0.1) is 0 Å². The molecule has 0 atom stereocenters. The van der Waals surface area contributed by atoms with Crippen molar-refractivity contribution in [2.45, 2.75) is 18.9 Å². The monoisotopic (exact) mass is 313 g/mol. The first-order chi connectivity index (χ1) is 8.61. The maximum Gasteiger partial charge on any atom is 0.253 e. The highest BCUT2D eigenvalue weighted by atomic mass is 79.9. The molecule has 1 aliphatic rings. The van der Waals surface area contributed by atoms with Crippen molar-refractivity contribution >= 4 is 21.8 Å². The lowest BCUT2D eigenvalue weighted by Gasteiger charge is -2.29. The third kappa shape index (κ3) is 2.84. The molecule has 1 aliphatic heterocycles. The van der Waals surface area contributed by atoms with Gasteiger partial charge in [0.05, 0.1) is 17.7 Å². The Morgan fingerprint density at radius 2 is 2.11 bits per heavy atom. The van der Waals surface area contributed by atoms with Crippen LogP contribution in [0.5, 0.6) is 5.75 Å². The Labute approximate surface area is 115 Å². The van der Waals surface area contributed by atoms with Gasteiger partial charge in [-0.15, -0.1) is 0 Å². The molecule has 1 aromatic carbocycles. The number of methoxy groups -OCH3 is 1. The Kier molecular flexibility index (Phi) is 4.24. The van der Waals surface area contributed by atoms with E-state index >= 15 is 0 Å². The van der Waals surface area contributed by atoms with Gasteiger partial charge in [-0.1, -0.05) is 0 Å². The minimum atomic E-state index is -0.270. The SMILES string of the molecule is COc1cc(C(=O)N2CCC(O)CC2)ccc1Br. The summed E-state index contributed by atoms with van der Waals surface area (Å²) >= 11 is 3.36. The summed E-state index contributed by atoms with van der Waals surface area (Å²) in [6.07, 6.45) is 1.03. The van der Waals surface area contributed by atoms with Crippen LogP contribution in [0.3, 0.4) is 0 Å². The van der Waals surface area contributed by atoms with Crippen molar-refractivity contribution in [3.8, 4) is 5.75 Å². The molecule has 0 saturated carbocycles. The van der Waals surface area contributed by atoms with Crippen molar-refractivity contribution in [2.24, 2.45) is 0 Å². The van der Waals surface area contributed by atoms with E-state index in [9.17, 15) is 9.90 Å². The molecule has 0 bridgehead atoms. The van der Waals surface area contributed by atoms with Crippen LogP contribution >= 0.6 is 15.9 Å². The second kappa shape index (κ2) is 5.71. The molecule has 4 nitrogen and oxygen atoms in total. The normalized spacial score (nSPS) is 16.7. The Hall–Kier alpha value is -1.07. The van der Waals surface area contributed by atoms with Crippen LogP contribution in [0.25, 0.3) is 0 Å². The fraction of sp³-hybridized carbons (Fsp3) is 0.462. The smallest absolute Gasteiger partial charge is 0.253 e. The molecule has 0 unspecified atom stereocenters. The standard InChI is InChI=1S/C13H16BrNO3/c1-18-12-8-9(2-3-11(12)14)13(17)15-6-4-10(16)5-7-15/h2-3,8,10,16H,4-7H2,1H3. The van der Waals surface area contributed by atoms with E-state index in [1.807, 2.05) is 6.07 Å². The highest BCUT2D eigenvalue weighted by Gasteiger charge is 2.22. The van der Waals surface area contributed by atoms with Crippen molar-refractivity contribution in [1.29, 1.82) is 0 Å². The Balaban J connectivity index is 2.13. The summed E-state index contributed by atoms with van der Waals surface area (Å²) in [5, 5.41) is 9.43. The minimum absolute atomic E-state index is 0.00676. The molecule has 0 spiro atoms. The molecule has 0 aromatic heterocycles. The van der Waals surface area contributed by atoms with Crippen LogP contribution < -0.4 is 4.74 Å². The van der Waals surface area contributed by atoms with Crippen LogP contribution in [0.4, 0.5) is 0 Å². The van der Waals surface area contributed by atoms with E-state index in [4.69, 9.17) is 4.74 Å². The lowest BCUT2D eigenvalue weighted by atomic mass is 10.1. The molecule has 1 aromatic rings. The quantitative estimate of drug-likeness (QED) is 0.909. The number of rotatable bonds is 2. The topological polar surface area (TPSA) is 49.8 Å². The highest BCUT2D eigenvalue weighted by molar-refractivity contribution is 9.10. The number of carbonyl (C=O) groups is 1. The summed E-state index contributed by atoms with van der Waals surface area (Å²) < 4.78 is 6.01. The largest absolute Gasteiger partial charge is 0.496 e. The second-order valence-corrected chi connectivity index (χ2v) is 5.23. The van der Waals surface area contributed by atoms with Gasteiger partial charge in [0, 0.05) is 18.7 Å². The van der Waals surface area contributed by atoms with Gasteiger partial charge in [-0.25, -0.2) is 0 Å².